The van der Waals surface area contributed by atoms with Gasteiger partial charge in [-0.1, -0.05) is 0 Å². The van der Waals surface area contributed by atoms with Crippen molar-refractivity contribution in [1.82, 2.24) is 4.98 Å². The quantitative estimate of drug-likeness (QED) is 0.843. The topological polar surface area (TPSA) is 24.9 Å². The minimum atomic E-state index is -4.70. The predicted molar refractivity (Wildman–Crippen MR) is 65.6 cm³/mol. The molecule has 0 spiro atoms. The molecule has 1 N–H and O–H groups in total. The second kappa shape index (κ2) is 5.16. The average Bonchev–Trinajstić information content (AvgIpc) is 2.83. The Kier molecular flexibility index (Phi) is 3.75. The fourth-order valence-corrected chi connectivity index (χ4v) is 2.24. The SMILES string of the molecule is CC(Nc1ccc(F)c(C(F)(F)F)c1)c1cscn1. The molecule has 0 saturated carbocycles. The first-order valence-electron chi connectivity index (χ1n) is 5.39. The van der Waals surface area contributed by atoms with Crippen LogP contribution < -0.4 is 5.32 Å². The summed E-state index contributed by atoms with van der Waals surface area (Å²) < 4.78 is 50.8. The number of hydrogen-bond acceptors (Lipinski definition) is 3. The van der Waals surface area contributed by atoms with Crippen LogP contribution in [0.15, 0.2) is 29.1 Å². The number of thiazole rings is 1. The summed E-state index contributed by atoms with van der Waals surface area (Å²) in [6, 6.07) is 2.59. The van der Waals surface area contributed by atoms with Crippen LogP contribution in [0.2, 0.25) is 0 Å². The highest BCUT2D eigenvalue weighted by molar-refractivity contribution is 7.07. The van der Waals surface area contributed by atoms with Gasteiger partial charge in [-0.15, -0.1) is 11.3 Å². The summed E-state index contributed by atoms with van der Waals surface area (Å²) in [4.78, 5) is 4.06. The smallest absolute Gasteiger partial charge is 0.377 e. The number of rotatable bonds is 3. The molecule has 0 aliphatic carbocycles. The van der Waals surface area contributed by atoms with Gasteiger partial charge in [0.2, 0.25) is 0 Å². The minimum absolute atomic E-state index is 0.203. The monoisotopic (exact) mass is 290 g/mol. The van der Waals surface area contributed by atoms with Gasteiger partial charge >= 0.3 is 6.18 Å². The van der Waals surface area contributed by atoms with Gasteiger partial charge in [-0.2, -0.15) is 13.2 Å². The Labute approximate surface area is 111 Å². The fraction of sp³-hybridized carbons (Fsp3) is 0.250. The van der Waals surface area contributed by atoms with Crippen LogP contribution in [0, 0.1) is 5.82 Å². The van der Waals surface area contributed by atoms with E-state index in [1.165, 1.54) is 17.4 Å². The number of nitrogens with zero attached hydrogens (tertiary/aromatic N) is 1. The third-order valence-corrected chi connectivity index (χ3v) is 3.15. The molecule has 2 aromatic rings. The van der Waals surface area contributed by atoms with Gasteiger partial charge in [-0.3, -0.25) is 0 Å². The molecular formula is C12H10F4N2S. The van der Waals surface area contributed by atoms with E-state index < -0.39 is 17.6 Å². The lowest BCUT2D eigenvalue weighted by Crippen LogP contribution is -2.11. The van der Waals surface area contributed by atoms with Crippen molar-refractivity contribution < 1.29 is 17.6 Å². The molecule has 1 aromatic heterocycles. The van der Waals surface area contributed by atoms with E-state index in [9.17, 15) is 17.6 Å². The predicted octanol–water partition coefficient (Wildman–Crippen LogP) is 4.47. The minimum Gasteiger partial charge on any atom is -0.377 e. The molecule has 1 atom stereocenters. The normalized spacial score (nSPS) is 13.3. The summed E-state index contributed by atoms with van der Waals surface area (Å²) in [7, 11) is 0. The van der Waals surface area contributed by atoms with Crippen LogP contribution in [0.1, 0.15) is 24.2 Å². The lowest BCUT2D eigenvalue weighted by molar-refractivity contribution is -0.139. The lowest BCUT2D eigenvalue weighted by atomic mass is 10.1. The van der Waals surface area contributed by atoms with E-state index in [0.29, 0.717) is 0 Å². The third-order valence-electron chi connectivity index (χ3n) is 2.55. The molecule has 1 aromatic carbocycles. The van der Waals surface area contributed by atoms with E-state index in [2.05, 4.69) is 10.3 Å². The maximum atomic E-state index is 13.1. The van der Waals surface area contributed by atoms with Crippen molar-refractivity contribution in [2.75, 3.05) is 5.32 Å². The van der Waals surface area contributed by atoms with Gasteiger partial charge in [0.05, 0.1) is 22.8 Å². The Morgan fingerprint density at radius 1 is 1.32 bits per heavy atom. The molecule has 0 fully saturated rings. The van der Waals surface area contributed by atoms with Crippen LogP contribution in [-0.2, 0) is 6.18 Å². The molecule has 0 saturated heterocycles. The van der Waals surface area contributed by atoms with Gasteiger partial charge < -0.3 is 5.32 Å². The van der Waals surface area contributed by atoms with E-state index in [1.54, 1.807) is 17.8 Å². The highest BCUT2D eigenvalue weighted by Gasteiger charge is 2.34. The zero-order chi connectivity index (χ0) is 14.0. The Morgan fingerprint density at radius 2 is 2.05 bits per heavy atom. The summed E-state index contributed by atoms with van der Waals surface area (Å²) >= 11 is 1.40. The Balaban J connectivity index is 2.22. The van der Waals surface area contributed by atoms with Gasteiger partial charge in [0.25, 0.3) is 0 Å². The van der Waals surface area contributed by atoms with E-state index in [1.807, 2.05) is 0 Å². The molecule has 0 amide bonds. The van der Waals surface area contributed by atoms with E-state index in [4.69, 9.17) is 0 Å². The summed E-state index contributed by atoms with van der Waals surface area (Å²) in [5.41, 5.74) is 1.29. The van der Waals surface area contributed by atoms with Crippen LogP contribution in [0.4, 0.5) is 23.2 Å². The number of halogens is 4. The Morgan fingerprint density at radius 3 is 2.63 bits per heavy atom. The van der Waals surface area contributed by atoms with E-state index >= 15 is 0 Å². The summed E-state index contributed by atoms with van der Waals surface area (Å²) in [6.07, 6.45) is -4.70. The first-order valence-corrected chi connectivity index (χ1v) is 6.33. The molecule has 2 nitrogen and oxygen atoms in total. The van der Waals surface area contributed by atoms with Gasteiger partial charge in [0.15, 0.2) is 0 Å². The molecule has 1 heterocycles. The van der Waals surface area contributed by atoms with Gasteiger partial charge in [-0.05, 0) is 25.1 Å². The molecule has 2 rings (SSSR count). The first kappa shape index (κ1) is 13.8. The van der Waals surface area contributed by atoms with Crippen molar-refractivity contribution in [3.63, 3.8) is 0 Å². The molecular weight excluding hydrogens is 280 g/mol. The second-order valence-electron chi connectivity index (χ2n) is 3.97. The highest BCUT2D eigenvalue weighted by atomic mass is 32.1. The van der Waals surface area contributed by atoms with Crippen LogP contribution in [0.25, 0.3) is 0 Å². The average molecular weight is 290 g/mol. The molecule has 0 radical (unpaired) electrons. The van der Waals surface area contributed by atoms with Crippen molar-refractivity contribution in [2.24, 2.45) is 0 Å². The zero-order valence-corrected chi connectivity index (χ0v) is 10.6. The molecule has 0 bridgehead atoms. The number of anilines is 1. The van der Waals surface area contributed by atoms with Gasteiger partial charge in [0, 0.05) is 11.1 Å². The van der Waals surface area contributed by atoms with Crippen LogP contribution in [-0.4, -0.2) is 4.98 Å². The third kappa shape index (κ3) is 3.23. The van der Waals surface area contributed by atoms with Crippen LogP contribution in [0.5, 0.6) is 0 Å². The molecule has 0 aliphatic rings. The summed E-state index contributed by atoms with van der Waals surface area (Å²) in [5, 5.41) is 4.66. The number of hydrogen-bond donors (Lipinski definition) is 1. The fourth-order valence-electron chi connectivity index (χ4n) is 1.59. The van der Waals surface area contributed by atoms with Crippen molar-refractivity contribution in [1.29, 1.82) is 0 Å². The van der Waals surface area contributed by atoms with Crippen LogP contribution in [0.3, 0.4) is 0 Å². The van der Waals surface area contributed by atoms with E-state index in [0.717, 1.165) is 17.8 Å². The standard InChI is InChI=1S/C12H10F4N2S/c1-7(11-5-19-6-17-11)18-8-2-3-10(13)9(4-8)12(14,15)16/h2-7,18H,1H3. The number of nitrogens with one attached hydrogen (secondary N) is 1. The molecule has 0 aliphatic heterocycles. The van der Waals surface area contributed by atoms with Crippen LogP contribution >= 0.6 is 11.3 Å². The maximum absolute atomic E-state index is 13.1. The number of benzene rings is 1. The van der Waals surface area contributed by atoms with Gasteiger partial charge in [-0.25, -0.2) is 9.37 Å². The maximum Gasteiger partial charge on any atom is 0.419 e. The first-order chi connectivity index (χ1) is 8.88. The molecule has 19 heavy (non-hydrogen) atoms. The summed E-state index contributed by atoms with van der Waals surface area (Å²) in [5.74, 6) is -1.28. The highest BCUT2D eigenvalue weighted by Crippen LogP contribution is 2.33. The number of alkyl halides is 3. The van der Waals surface area contributed by atoms with Crippen molar-refractivity contribution >= 4 is 17.0 Å². The van der Waals surface area contributed by atoms with Gasteiger partial charge in [0.1, 0.15) is 5.82 Å². The summed E-state index contributed by atoms with van der Waals surface area (Å²) in [6.45, 7) is 1.77. The van der Waals surface area contributed by atoms with E-state index in [-0.39, 0.29) is 11.7 Å². The van der Waals surface area contributed by atoms with Crippen molar-refractivity contribution in [2.45, 2.75) is 19.1 Å². The Hall–Kier alpha value is -1.63. The van der Waals surface area contributed by atoms with Crippen molar-refractivity contribution in [3.05, 3.63) is 46.2 Å². The largest absolute Gasteiger partial charge is 0.419 e. The molecule has 7 heteroatoms. The molecule has 102 valence electrons. The second-order valence-corrected chi connectivity index (χ2v) is 4.69. The van der Waals surface area contributed by atoms with Crippen molar-refractivity contribution in [3.8, 4) is 0 Å². The lowest BCUT2D eigenvalue weighted by Gasteiger charge is -2.15. The zero-order valence-electron chi connectivity index (χ0n) is 9.83. The number of aromatic nitrogens is 1. The Bertz CT molecular complexity index is 551. The molecule has 1 unspecified atom stereocenters.